The van der Waals surface area contributed by atoms with Crippen molar-refractivity contribution in [1.82, 2.24) is 5.32 Å². The third kappa shape index (κ3) is 4.03. The van der Waals surface area contributed by atoms with Crippen LogP contribution in [0.2, 0.25) is 10.0 Å². The lowest BCUT2D eigenvalue weighted by Gasteiger charge is -2.29. The molecule has 1 aliphatic rings. The SMILES string of the molecule is O=C1NC(=S)N(c2cccc(Cl)c2Cl)C(=O)/C1=C\c1ccc(-c2cccc(C(=O)O)c2)o1. The van der Waals surface area contributed by atoms with Gasteiger partial charge in [-0.1, -0.05) is 41.4 Å². The Balaban J connectivity index is 1.69. The number of halogens is 2. The Labute approximate surface area is 196 Å². The highest BCUT2D eigenvalue weighted by Gasteiger charge is 2.36. The summed E-state index contributed by atoms with van der Waals surface area (Å²) in [4.78, 5) is 37.8. The van der Waals surface area contributed by atoms with Crippen molar-refractivity contribution in [3.05, 3.63) is 81.5 Å². The summed E-state index contributed by atoms with van der Waals surface area (Å²) < 4.78 is 5.71. The number of carboxylic acid groups (broad SMARTS) is 1. The van der Waals surface area contributed by atoms with Crippen LogP contribution in [-0.2, 0) is 9.59 Å². The molecule has 3 aromatic rings. The zero-order valence-corrected chi connectivity index (χ0v) is 18.3. The fraction of sp³-hybridized carbons (Fsp3) is 0. The Morgan fingerprint density at radius 3 is 2.59 bits per heavy atom. The van der Waals surface area contributed by atoms with E-state index < -0.39 is 17.8 Å². The van der Waals surface area contributed by atoms with E-state index in [1.807, 2.05) is 0 Å². The molecule has 4 rings (SSSR count). The maximum atomic E-state index is 13.1. The molecule has 1 aliphatic heterocycles. The zero-order valence-electron chi connectivity index (χ0n) is 16.0. The highest BCUT2D eigenvalue weighted by atomic mass is 35.5. The number of aromatic carboxylic acids is 1. The van der Waals surface area contributed by atoms with Crippen LogP contribution in [0, 0.1) is 0 Å². The summed E-state index contributed by atoms with van der Waals surface area (Å²) in [5.74, 6) is -1.88. The van der Waals surface area contributed by atoms with Crippen molar-refractivity contribution >= 4 is 70.1 Å². The molecule has 2 N–H and O–H groups in total. The first-order chi connectivity index (χ1) is 15.3. The molecule has 10 heteroatoms. The molecule has 0 unspecified atom stereocenters. The van der Waals surface area contributed by atoms with E-state index in [1.54, 1.807) is 42.5 Å². The molecule has 2 aromatic carbocycles. The first-order valence-electron chi connectivity index (χ1n) is 9.05. The molecule has 2 amide bonds. The summed E-state index contributed by atoms with van der Waals surface area (Å²) >= 11 is 17.4. The number of carbonyl (C=O) groups is 3. The van der Waals surface area contributed by atoms with Gasteiger partial charge in [-0.3, -0.25) is 19.8 Å². The van der Waals surface area contributed by atoms with Gasteiger partial charge in [-0.2, -0.15) is 0 Å². The average Bonchev–Trinajstić information content (AvgIpc) is 3.23. The van der Waals surface area contributed by atoms with Crippen LogP contribution in [0.15, 0.2) is 64.6 Å². The van der Waals surface area contributed by atoms with E-state index in [0.29, 0.717) is 11.3 Å². The van der Waals surface area contributed by atoms with Gasteiger partial charge in [-0.25, -0.2) is 4.79 Å². The van der Waals surface area contributed by atoms with E-state index in [1.165, 1.54) is 18.2 Å². The van der Waals surface area contributed by atoms with Crippen LogP contribution in [0.3, 0.4) is 0 Å². The highest BCUT2D eigenvalue weighted by Crippen LogP contribution is 2.34. The van der Waals surface area contributed by atoms with E-state index in [9.17, 15) is 14.4 Å². The minimum Gasteiger partial charge on any atom is -0.478 e. The predicted molar refractivity (Wildman–Crippen MR) is 124 cm³/mol. The molecule has 0 saturated carbocycles. The van der Waals surface area contributed by atoms with E-state index >= 15 is 0 Å². The second kappa shape index (κ2) is 8.58. The van der Waals surface area contributed by atoms with E-state index in [2.05, 4.69) is 5.32 Å². The van der Waals surface area contributed by atoms with E-state index in [-0.39, 0.29) is 37.7 Å². The summed E-state index contributed by atoms with van der Waals surface area (Å²) in [5, 5.41) is 11.8. The van der Waals surface area contributed by atoms with Gasteiger partial charge in [0.25, 0.3) is 11.8 Å². The first-order valence-corrected chi connectivity index (χ1v) is 10.2. The fourth-order valence-corrected chi connectivity index (χ4v) is 3.73. The maximum Gasteiger partial charge on any atom is 0.335 e. The lowest BCUT2D eigenvalue weighted by atomic mass is 10.1. The van der Waals surface area contributed by atoms with Crippen molar-refractivity contribution < 1.29 is 23.9 Å². The standard InChI is InChI=1S/C22H12Cl2N2O5S/c23-15-5-2-6-16(18(15)24)26-20(28)14(19(27)25-22(26)32)10-13-7-8-17(31-13)11-3-1-4-12(9-11)21(29)30/h1-10H,(H,29,30)(H,25,27,32)/b14-10-. The van der Waals surface area contributed by atoms with Crippen molar-refractivity contribution in [2.75, 3.05) is 4.90 Å². The van der Waals surface area contributed by atoms with Crippen LogP contribution in [0.1, 0.15) is 16.1 Å². The normalized spacial score (nSPS) is 15.2. The number of thiocarbonyl (C=S) groups is 1. The Kier molecular flexibility index (Phi) is 5.84. The molecule has 160 valence electrons. The van der Waals surface area contributed by atoms with Crippen LogP contribution in [0.4, 0.5) is 5.69 Å². The summed E-state index contributed by atoms with van der Waals surface area (Å²) in [7, 11) is 0. The average molecular weight is 487 g/mol. The number of hydrogen-bond donors (Lipinski definition) is 2. The molecule has 7 nitrogen and oxygen atoms in total. The highest BCUT2D eigenvalue weighted by molar-refractivity contribution is 7.80. The second-order valence-electron chi connectivity index (χ2n) is 6.62. The van der Waals surface area contributed by atoms with Crippen LogP contribution < -0.4 is 10.2 Å². The lowest BCUT2D eigenvalue weighted by molar-refractivity contribution is -0.122. The third-order valence-corrected chi connectivity index (χ3v) is 5.67. The Morgan fingerprint density at radius 1 is 1.09 bits per heavy atom. The number of nitrogens with one attached hydrogen (secondary N) is 1. The Bertz CT molecular complexity index is 1330. The summed E-state index contributed by atoms with van der Waals surface area (Å²) in [6.45, 7) is 0. The molecule has 32 heavy (non-hydrogen) atoms. The summed E-state index contributed by atoms with van der Waals surface area (Å²) in [5.41, 5.74) is 0.631. The van der Waals surface area contributed by atoms with Crippen LogP contribution >= 0.6 is 35.4 Å². The smallest absolute Gasteiger partial charge is 0.335 e. The Hall–Kier alpha value is -3.46. The maximum absolute atomic E-state index is 13.1. The number of benzene rings is 2. The molecular weight excluding hydrogens is 475 g/mol. The lowest BCUT2D eigenvalue weighted by Crippen LogP contribution is -2.54. The molecule has 2 heterocycles. The van der Waals surface area contributed by atoms with Crippen LogP contribution in [0.25, 0.3) is 17.4 Å². The van der Waals surface area contributed by atoms with E-state index in [0.717, 1.165) is 4.90 Å². The van der Waals surface area contributed by atoms with Crippen LogP contribution in [0.5, 0.6) is 0 Å². The first kappa shape index (κ1) is 21.8. The molecule has 0 aliphatic carbocycles. The van der Waals surface area contributed by atoms with Gasteiger partial charge in [-0.15, -0.1) is 0 Å². The molecule has 1 fully saturated rings. The number of rotatable bonds is 4. The monoisotopic (exact) mass is 486 g/mol. The predicted octanol–water partition coefficient (Wildman–Crippen LogP) is 4.78. The molecular formula is C22H12Cl2N2O5S. The zero-order chi connectivity index (χ0) is 23.0. The molecule has 0 bridgehead atoms. The number of hydrogen-bond acceptors (Lipinski definition) is 5. The number of anilines is 1. The molecule has 0 spiro atoms. The molecule has 0 atom stereocenters. The van der Waals surface area contributed by atoms with Gasteiger partial charge in [0.15, 0.2) is 5.11 Å². The second-order valence-corrected chi connectivity index (χ2v) is 7.79. The third-order valence-electron chi connectivity index (χ3n) is 4.58. The van der Waals surface area contributed by atoms with Gasteiger partial charge in [-0.05, 0) is 54.7 Å². The number of amides is 2. The minimum atomic E-state index is -1.07. The topological polar surface area (TPSA) is 99.9 Å². The summed E-state index contributed by atoms with van der Waals surface area (Å²) in [6, 6.07) is 14.1. The fourth-order valence-electron chi connectivity index (χ4n) is 3.07. The van der Waals surface area contributed by atoms with Gasteiger partial charge in [0.05, 0.1) is 21.3 Å². The Morgan fingerprint density at radius 2 is 1.84 bits per heavy atom. The van der Waals surface area contributed by atoms with Gasteiger partial charge in [0.2, 0.25) is 0 Å². The van der Waals surface area contributed by atoms with Crippen molar-refractivity contribution in [2.24, 2.45) is 0 Å². The number of carbonyl (C=O) groups excluding carboxylic acids is 2. The molecule has 1 aromatic heterocycles. The minimum absolute atomic E-state index is 0.100. The van der Waals surface area contributed by atoms with Gasteiger partial charge < -0.3 is 9.52 Å². The van der Waals surface area contributed by atoms with Crippen molar-refractivity contribution in [3.63, 3.8) is 0 Å². The van der Waals surface area contributed by atoms with Crippen molar-refractivity contribution in [2.45, 2.75) is 0 Å². The van der Waals surface area contributed by atoms with Crippen molar-refractivity contribution in [1.29, 1.82) is 0 Å². The van der Waals surface area contributed by atoms with Gasteiger partial charge in [0, 0.05) is 5.56 Å². The van der Waals surface area contributed by atoms with Crippen LogP contribution in [-0.4, -0.2) is 28.0 Å². The number of furan rings is 1. The number of carboxylic acids is 1. The summed E-state index contributed by atoms with van der Waals surface area (Å²) in [6.07, 6.45) is 1.27. The van der Waals surface area contributed by atoms with Gasteiger partial charge >= 0.3 is 5.97 Å². The largest absolute Gasteiger partial charge is 0.478 e. The quantitative estimate of drug-likeness (QED) is 0.312. The van der Waals surface area contributed by atoms with E-state index in [4.69, 9.17) is 44.9 Å². The molecule has 1 saturated heterocycles. The van der Waals surface area contributed by atoms with Crippen molar-refractivity contribution in [3.8, 4) is 11.3 Å². The molecule has 0 radical (unpaired) electrons. The number of nitrogens with zero attached hydrogens (tertiary/aromatic N) is 1. The van der Waals surface area contributed by atoms with Gasteiger partial charge in [0.1, 0.15) is 17.1 Å².